The standard InChI is InChI=1S/C11H12ClNO/c12-9-3-4-11-10(6-9)8(7-14)2-1-5-13-11/h3-4,6-8,13H,1-2,5H2. The lowest BCUT2D eigenvalue weighted by Gasteiger charge is -2.11. The maximum atomic E-state index is 10.9. The van der Waals surface area contributed by atoms with E-state index in [1.165, 1.54) is 0 Å². The highest BCUT2D eigenvalue weighted by molar-refractivity contribution is 6.30. The number of fused-ring (bicyclic) bond motifs is 1. The number of rotatable bonds is 1. The Labute approximate surface area is 88.3 Å². The molecule has 1 heterocycles. The average molecular weight is 210 g/mol. The third-order valence-electron chi connectivity index (χ3n) is 2.58. The zero-order chi connectivity index (χ0) is 9.97. The summed E-state index contributed by atoms with van der Waals surface area (Å²) in [7, 11) is 0. The Kier molecular flexibility index (Phi) is 2.73. The lowest BCUT2D eigenvalue weighted by atomic mass is 9.96. The molecule has 0 spiro atoms. The number of anilines is 1. The van der Waals surface area contributed by atoms with Crippen molar-refractivity contribution >= 4 is 23.6 Å². The van der Waals surface area contributed by atoms with E-state index in [1.807, 2.05) is 18.2 Å². The Hall–Kier alpha value is -1.02. The molecular formula is C11H12ClNO. The lowest BCUT2D eigenvalue weighted by Crippen LogP contribution is -2.00. The number of benzene rings is 1. The van der Waals surface area contributed by atoms with E-state index in [0.29, 0.717) is 5.02 Å². The summed E-state index contributed by atoms with van der Waals surface area (Å²) >= 11 is 5.91. The van der Waals surface area contributed by atoms with Crippen molar-refractivity contribution in [3.63, 3.8) is 0 Å². The molecule has 1 atom stereocenters. The molecule has 3 heteroatoms. The summed E-state index contributed by atoms with van der Waals surface area (Å²) in [5.74, 6) is -0.00120. The number of hydrogen-bond acceptors (Lipinski definition) is 2. The average Bonchev–Trinajstić information content (AvgIpc) is 2.39. The van der Waals surface area contributed by atoms with E-state index in [9.17, 15) is 4.79 Å². The Morgan fingerprint density at radius 2 is 2.36 bits per heavy atom. The lowest BCUT2D eigenvalue weighted by molar-refractivity contribution is -0.109. The molecule has 0 fully saturated rings. The van der Waals surface area contributed by atoms with E-state index in [4.69, 9.17) is 11.6 Å². The minimum absolute atomic E-state index is 0.00120. The Morgan fingerprint density at radius 3 is 3.14 bits per heavy atom. The Balaban J connectivity index is 2.45. The quantitative estimate of drug-likeness (QED) is 0.721. The molecule has 1 N–H and O–H groups in total. The van der Waals surface area contributed by atoms with Crippen LogP contribution in [0.25, 0.3) is 0 Å². The van der Waals surface area contributed by atoms with Crippen LogP contribution in [-0.4, -0.2) is 12.8 Å². The molecular weight excluding hydrogens is 198 g/mol. The molecule has 2 rings (SSSR count). The van der Waals surface area contributed by atoms with Crippen LogP contribution in [0.2, 0.25) is 5.02 Å². The molecule has 1 aromatic rings. The fourth-order valence-electron chi connectivity index (χ4n) is 1.84. The smallest absolute Gasteiger partial charge is 0.127 e. The van der Waals surface area contributed by atoms with Crippen molar-refractivity contribution in [2.24, 2.45) is 0 Å². The molecule has 0 saturated heterocycles. The molecule has 1 aliphatic heterocycles. The molecule has 0 radical (unpaired) electrons. The third kappa shape index (κ3) is 1.75. The third-order valence-corrected chi connectivity index (χ3v) is 2.82. The predicted molar refractivity (Wildman–Crippen MR) is 58.0 cm³/mol. The zero-order valence-corrected chi connectivity index (χ0v) is 8.55. The van der Waals surface area contributed by atoms with E-state index < -0.39 is 0 Å². The maximum absolute atomic E-state index is 10.9. The van der Waals surface area contributed by atoms with Gasteiger partial charge >= 0.3 is 0 Å². The molecule has 1 aromatic carbocycles. The topological polar surface area (TPSA) is 29.1 Å². The van der Waals surface area contributed by atoms with Crippen LogP contribution in [0.15, 0.2) is 18.2 Å². The second-order valence-corrected chi connectivity index (χ2v) is 3.98. The van der Waals surface area contributed by atoms with Crippen LogP contribution >= 0.6 is 11.6 Å². The number of carbonyl (C=O) groups is 1. The van der Waals surface area contributed by atoms with Gasteiger partial charge in [-0.2, -0.15) is 0 Å². The second-order valence-electron chi connectivity index (χ2n) is 3.54. The summed E-state index contributed by atoms with van der Waals surface area (Å²) in [6.07, 6.45) is 2.95. The van der Waals surface area contributed by atoms with Crippen molar-refractivity contribution in [3.05, 3.63) is 28.8 Å². The maximum Gasteiger partial charge on any atom is 0.127 e. The van der Waals surface area contributed by atoms with Gasteiger partial charge < -0.3 is 10.1 Å². The Morgan fingerprint density at radius 1 is 1.50 bits per heavy atom. The number of carbonyl (C=O) groups excluding carboxylic acids is 1. The molecule has 1 aliphatic rings. The zero-order valence-electron chi connectivity index (χ0n) is 7.79. The van der Waals surface area contributed by atoms with Gasteiger partial charge in [-0.1, -0.05) is 11.6 Å². The summed E-state index contributed by atoms with van der Waals surface area (Å²) in [6, 6.07) is 5.67. The van der Waals surface area contributed by atoms with Gasteiger partial charge in [0.25, 0.3) is 0 Å². The highest BCUT2D eigenvalue weighted by atomic mass is 35.5. The molecule has 0 saturated carbocycles. The highest BCUT2D eigenvalue weighted by Gasteiger charge is 2.17. The van der Waals surface area contributed by atoms with Crippen molar-refractivity contribution in [2.45, 2.75) is 18.8 Å². The van der Waals surface area contributed by atoms with Gasteiger partial charge in [0.15, 0.2) is 0 Å². The predicted octanol–water partition coefficient (Wildman–Crippen LogP) is 2.83. The second kappa shape index (κ2) is 4.01. The summed E-state index contributed by atoms with van der Waals surface area (Å²) in [5, 5.41) is 3.99. The van der Waals surface area contributed by atoms with Crippen molar-refractivity contribution < 1.29 is 4.79 Å². The first-order valence-electron chi connectivity index (χ1n) is 4.80. The molecule has 74 valence electrons. The van der Waals surface area contributed by atoms with Crippen molar-refractivity contribution in [1.82, 2.24) is 0 Å². The van der Waals surface area contributed by atoms with E-state index in [2.05, 4.69) is 5.32 Å². The minimum atomic E-state index is -0.00120. The van der Waals surface area contributed by atoms with Crippen LogP contribution in [0.1, 0.15) is 24.3 Å². The van der Waals surface area contributed by atoms with Crippen LogP contribution in [0.4, 0.5) is 5.69 Å². The van der Waals surface area contributed by atoms with Gasteiger partial charge in [-0.3, -0.25) is 0 Å². The molecule has 2 nitrogen and oxygen atoms in total. The van der Waals surface area contributed by atoms with Crippen LogP contribution < -0.4 is 5.32 Å². The summed E-state index contributed by atoms with van der Waals surface area (Å²) in [6.45, 7) is 0.930. The molecule has 0 aromatic heterocycles. The molecule has 14 heavy (non-hydrogen) atoms. The van der Waals surface area contributed by atoms with E-state index >= 15 is 0 Å². The molecule has 0 aliphatic carbocycles. The van der Waals surface area contributed by atoms with Gasteiger partial charge in [-0.15, -0.1) is 0 Å². The Bertz CT molecular complexity index is 351. The van der Waals surface area contributed by atoms with Crippen molar-refractivity contribution in [2.75, 3.05) is 11.9 Å². The SMILES string of the molecule is O=CC1CCCNc2ccc(Cl)cc21. The van der Waals surface area contributed by atoms with Gasteiger partial charge in [-0.05, 0) is 36.6 Å². The minimum Gasteiger partial charge on any atom is -0.385 e. The molecule has 1 unspecified atom stereocenters. The number of hydrogen-bond donors (Lipinski definition) is 1. The van der Waals surface area contributed by atoms with Gasteiger partial charge in [0.05, 0.1) is 0 Å². The first kappa shape index (κ1) is 9.53. The number of halogens is 1. The van der Waals surface area contributed by atoms with Crippen molar-refractivity contribution in [3.8, 4) is 0 Å². The van der Waals surface area contributed by atoms with E-state index in [1.54, 1.807) is 0 Å². The number of nitrogens with one attached hydrogen (secondary N) is 1. The number of aldehydes is 1. The van der Waals surface area contributed by atoms with Gasteiger partial charge in [0.1, 0.15) is 6.29 Å². The summed E-state index contributed by atoms with van der Waals surface area (Å²) in [4.78, 5) is 10.9. The highest BCUT2D eigenvalue weighted by Crippen LogP contribution is 2.31. The summed E-state index contributed by atoms with van der Waals surface area (Å²) in [5.41, 5.74) is 2.08. The monoisotopic (exact) mass is 209 g/mol. The first-order chi connectivity index (χ1) is 6.81. The summed E-state index contributed by atoms with van der Waals surface area (Å²) < 4.78 is 0. The van der Waals surface area contributed by atoms with E-state index in [-0.39, 0.29) is 5.92 Å². The van der Waals surface area contributed by atoms with Crippen LogP contribution in [0, 0.1) is 0 Å². The fourth-order valence-corrected chi connectivity index (χ4v) is 2.02. The molecule has 0 bridgehead atoms. The first-order valence-corrected chi connectivity index (χ1v) is 5.17. The van der Waals surface area contributed by atoms with Crippen LogP contribution in [0.5, 0.6) is 0 Å². The van der Waals surface area contributed by atoms with Gasteiger partial charge in [0.2, 0.25) is 0 Å². The van der Waals surface area contributed by atoms with Crippen LogP contribution in [0.3, 0.4) is 0 Å². The normalized spacial score (nSPS) is 20.5. The van der Waals surface area contributed by atoms with Gasteiger partial charge in [-0.25, -0.2) is 0 Å². The largest absolute Gasteiger partial charge is 0.385 e. The fraction of sp³-hybridized carbons (Fsp3) is 0.364. The molecule has 0 amide bonds. The van der Waals surface area contributed by atoms with Crippen LogP contribution in [-0.2, 0) is 4.79 Å². The van der Waals surface area contributed by atoms with E-state index in [0.717, 1.165) is 36.9 Å². The van der Waals surface area contributed by atoms with Crippen molar-refractivity contribution in [1.29, 1.82) is 0 Å². The van der Waals surface area contributed by atoms with Gasteiger partial charge in [0, 0.05) is 23.2 Å².